The molecule has 1 aromatic heterocycles. The predicted molar refractivity (Wildman–Crippen MR) is 47.7 cm³/mol. The van der Waals surface area contributed by atoms with Crippen molar-refractivity contribution < 1.29 is 14.6 Å². The van der Waals surface area contributed by atoms with E-state index in [9.17, 15) is 4.79 Å². The van der Waals surface area contributed by atoms with Gasteiger partial charge in [0.05, 0.1) is 24.4 Å². The van der Waals surface area contributed by atoms with Gasteiger partial charge >= 0.3 is 5.97 Å². The van der Waals surface area contributed by atoms with Crippen LogP contribution in [0.2, 0.25) is 0 Å². The number of nitrogens with zero attached hydrogens (tertiary/aromatic N) is 3. The Morgan fingerprint density at radius 3 is 2.86 bits per heavy atom. The molecule has 0 saturated carbocycles. The number of carboxylic acid groups (broad SMARTS) is 1. The highest BCUT2D eigenvalue weighted by Gasteiger charge is 2.14. The maximum atomic E-state index is 10.5. The molecule has 0 aliphatic rings. The second kappa shape index (κ2) is 4.71. The van der Waals surface area contributed by atoms with Crippen molar-refractivity contribution in [1.82, 2.24) is 15.0 Å². The summed E-state index contributed by atoms with van der Waals surface area (Å²) < 4.78 is 6.60. The number of carbonyl (C=O) groups is 1. The molecule has 0 aromatic carbocycles. The van der Waals surface area contributed by atoms with Gasteiger partial charge < -0.3 is 9.84 Å². The maximum absolute atomic E-state index is 10.5. The van der Waals surface area contributed by atoms with Crippen LogP contribution >= 0.6 is 0 Å². The molecule has 0 unspecified atom stereocenters. The van der Waals surface area contributed by atoms with Gasteiger partial charge in [-0.15, -0.1) is 5.10 Å². The summed E-state index contributed by atoms with van der Waals surface area (Å²) in [4.78, 5) is 10.5. The van der Waals surface area contributed by atoms with Crippen LogP contribution in [0.25, 0.3) is 0 Å². The maximum Gasteiger partial charge on any atom is 0.309 e. The molecule has 6 heteroatoms. The van der Waals surface area contributed by atoms with Crippen molar-refractivity contribution >= 4 is 5.97 Å². The topological polar surface area (TPSA) is 77.2 Å². The number of hydrogen-bond acceptors (Lipinski definition) is 4. The molecule has 0 aliphatic heterocycles. The summed E-state index contributed by atoms with van der Waals surface area (Å²) in [6.45, 7) is 2.91. The Morgan fingerprint density at radius 1 is 1.64 bits per heavy atom. The highest BCUT2D eigenvalue weighted by Crippen LogP contribution is 2.07. The van der Waals surface area contributed by atoms with E-state index in [0.29, 0.717) is 18.8 Å². The lowest BCUT2D eigenvalue weighted by atomic mass is 10.2. The standard InChI is InChI=1S/C8H13N3O3/c1-3-11-7(5-14-2)6(9-10-11)4-8(12)13/h3-5H2,1-2H3,(H,12,13). The molecule has 1 rings (SSSR count). The van der Waals surface area contributed by atoms with E-state index < -0.39 is 5.97 Å². The molecule has 14 heavy (non-hydrogen) atoms. The lowest BCUT2D eigenvalue weighted by Gasteiger charge is -2.03. The Labute approximate surface area is 81.5 Å². The van der Waals surface area contributed by atoms with E-state index in [4.69, 9.17) is 9.84 Å². The van der Waals surface area contributed by atoms with Gasteiger partial charge in [0.2, 0.25) is 0 Å². The van der Waals surface area contributed by atoms with Crippen molar-refractivity contribution in [3.05, 3.63) is 11.4 Å². The smallest absolute Gasteiger partial charge is 0.309 e. The molecule has 78 valence electrons. The van der Waals surface area contributed by atoms with E-state index in [-0.39, 0.29) is 6.42 Å². The van der Waals surface area contributed by atoms with Gasteiger partial charge in [-0.1, -0.05) is 5.21 Å². The SMILES string of the molecule is CCn1nnc(CC(=O)O)c1COC. The molecule has 0 bridgehead atoms. The summed E-state index contributed by atoms with van der Waals surface area (Å²) in [6.07, 6.45) is -0.112. The number of carboxylic acids is 1. The van der Waals surface area contributed by atoms with Gasteiger partial charge in [-0.2, -0.15) is 0 Å². The van der Waals surface area contributed by atoms with E-state index >= 15 is 0 Å². The predicted octanol–water partition coefficient (Wildman–Crippen LogP) is 0.0715. The summed E-state index contributed by atoms with van der Waals surface area (Å²) >= 11 is 0. The largest absolute Gasteiger partial charge is 0.481 e. The first-order valence-corrected chi connectivity index (χ1v) is 4.31. The van der Waals surface area contributed by atoms with Gasteiger partial charge in [-0.05, 0) is 6.92 Å². The van der Waals surface area contributed by atoms with Crippen LogP contribution in [0.5, 0.6) is 0 Å². The average Bonchev–Trinajstić information content (AvgIpc) is 2.48. The van der Waals surface area contributed by atoms with Gasteiger partial charge in [0.1, 0.15) is 0 Å². The van der Waals surface area contributed by atoms with Crippen LogP contribution in [0.15, 0.2) is 0 Å². The molecule has 6 nitrogen and oxygen atoms in total. The van der Waals surface area contributed by atoms with Crippen molar-refractivity contribution in [3.8, 4) is 0 Å². The third-order valence-electron chi connectivity index (χ3n) is 1.82. The molecule has 0 saturated heterocycles. The lowest BCUT2D eigenvalue weighted by Crippen LogP contribution is -2.08. The van der Waals surface area contributed by atoms with Crippen LogP contribution in [0.3, 0.4) is 0 Å². The highest BCUT2D eigenvalue weighted by atomic mass is 16.5. The first kappa shape index (κ1) is 10.6. The molecule has 1 aromatic rings. The fourth-order valence-corrected chi connectivity index (χ4v) is 1.20. The van der Waals surface area contributed by atoms with Crippen LogP contribution in [-0.4, -0.2) is 33.2 Å². The minimum Gasteiger partial charge on any atom is -0.481 e. The molecule has 0 fully saturated rings. The Balaban J connectivity index is 2.91. The zero-order valence-corrected chi connectivity index (χ0v) is 8.23. The summed E-state index contributed by atoms with van der Waals surface area (Å²) in [5.41, 5.74) is 1.21. The molecule has 0 aliphatic carbocycles. The average molecular weight is 199 g/mol. The number of aryl methyl sites for hydroxylation is 1. The Kier molecular flexibility index (Phi) is 3.58. The van der Waals surface area contributed by atoms with Gasteiger partial charge in [0.25, 0.3) is 0 Å². The van der Waals surface area contributed by atoms with Crippen LogP contribution in [0.4, 0.5) is 0 Å². The Hall–Kier alpha value is -1.43. The highest BCUT2D eigenvalue weighted by molar-refractivity contribution is 5.69. The number of aromatic nitrogens is 3. The molecule has 1 heterocycles. The molecule has 0 radical (unpaired) electrons. The fourth-order valence-electron chi connectivity index (χ4n) is 1.20. The minimum atomic E-state index is -0.912. The normalized spacial score (nSPS) is 10.4. The number of aliphatic carboxylic acids is 1. The van der Waals surface area contributed by atoms with Crippen molar-refractivity contribution in [2.24, 2.45) is 0 Å². The van der Waals surface area contributed by atoms with Crippen molar-refractivity contribution in [2.75, 3.05) is 7.11 Å². The van der Waals surface area contributed by atoms with Crippen molar-refractivity contribution in [3.63, 3.8) is 0 Å². The molecule has 0 atom stereocenters. The molecule has 0 amide bonds. The van der Waals surface area contributed by atoms with Gasteiger partial charge in [0.15, 0.2) is 0 Å². The quantitative estimate of drug-likeness (QED) is 0.726. The summed E-state index contributed by atoms with van der Waals surface area (Å²) in [5, 5.41) is 16.3. The van der Waals surface area contributed by atoms with E-state index in [1.54, 1.807) is 11.8 Å². The van der Waals surface area contributed by atoms with Gasteiger partial charge in [0, 0.05) is 13.7 Å². The minimum absolute atomic E-state index is 0.112. The van der Waals surface area contributed by atoms with E-state index in [2.05, 4.69) is 10.3 Å². The summed E-state index contributed by atoms with van der Waals surface area (Å²) in [7, 11) is 1.55. The fraction of sp³-hybridized carbons (Fsp3) is 0.625. The number of rotatable bonds is 5. The zero-order valence-electron chi connectivity index (χ0n) is 8.23. The Morgan fingerprint density at radius 2 is 2.36 bits per heavy atom. The van der Waals surface area contributed by atoms with Crippen LogP contribution in [-0.2, 0) is 29.1 Å². The van der Waals surface area contributed by atoms with Crippen molar-refractivity contribution in [1.29, 1.82) is 0 Å². The third kappa shape index (κ3) is 2.29. The first-order chi connectivity index (χ1) is 6.69. The van der Waals surface area contributed by atoms with Crippen molar-refractivity contribution in [2.45, 2.75) is 26.5 Å². The van der Waals surface area contributed by atoms with Crippen LogP contribution < -0.4 is 0 Å². The van der Waals surface area contributed by atoms with E-state index in [1.807, 2.05) is 6.92 Å². The monoisotopic (exact) mass is 199 g/mol. The molecular formula is C8H13N3O3. The molecule has 1 N–H and O–H groups in total. The van der Waals surface area contributed by atoms with E-state index in [0.717, 1.165) is 5.69 Å². The number of hydrogen-bond donors (Lipinski definition) is 1. The molecule has 0 spiro atoms. The second-order valence-electron chi connectivity index (χ2n) is 2.80. The van der Waals surface area contributed by atoms with Crippen LogP contribution in [0.1, 0.15) is 18.3 Å². The van der Waals surface area contributed by atoms with Gasteiger partial charge in [-0.3, -0.25) is 4.79 Å². The zero-order chi connectivity index (χ0) is 10.6. The van der Waals surface area contributed by atoms with Gasteiger partial charge in [-0.25, -0.2) is 4.68 Å². The van der Waals surface area contributed by atoms with E-state index in [1.165, 1.54) is 0 Å². The number of ether oxygens (including phenoxy) is 1. The first-order valence-electron chi connectivity index (χ1n) is 4.31. The third-order valence-corrected chi connectivity index (χ3v) is 1.82. The number of methoxy groups -OCH3 is 1. The summed E-state index contributed by atoms with van der Waals surface area (Å²) in [6, 6.07) is 0. The lowest BCUT2D eigenvalue weighted by molar-refractivity contribution is -0.136. The Bertz CT molecular complexity index is 322. The molecular weight excluding hydrogens is 186 g/mol. The van der Waals surface area contributed by atoms with Crippen LogP contribution in [0, 0.1) is 0 Å². The second-order valence-corrected chi connectivity index (χ2v) is 2.80. The summed E-state index contributed by atoms with van der Waals surface area (Å²) in [5.74, 6) is -0.912.